The average molecular weight is 944 g/mol. The van der Waals surface area contributed by atoms with E-state index in [0.29, 0.717) is 82.0 Å². The standard InChI is InChI=1S/C48H55ClN6O8S2/c1-30-11-17-40-41(18-12-31(2)43(30)40)54-65(58,59)39-10-6-8-36(28-39)47(57)50-19-21-61-23-25-63-27-26-62-24-22-60-20-7-9-38(56)29-42-46-53-52-34(5)55(46)48-44(32(3)33(4)64-48)45(51-42)35-13-15-37(49)16-14-35/h6,8,10-16,18,28,42,54H,7,9,17,19-27,29H2,1-5H3,(H,50,57)/t42-/m0/s1. The van der Waals surface area contributed by atoms with Gasteiger partial charge in [0.05, 0.1) is 62.5 Å². The molecule has 5 aromatic rings. The zero-order valence-electron chi connectivity index (χ0n) is 37.4. The summed E-state index contributed by atoms with van der Waals surface area (Å²) < 4.78 is 53.8. The van der Waals surface area contributed by atoms with Crippen LogP contribution >= 0.6 is 22.9 Å². The van der Waals surface area contributed by atoms with Crippen molar-refractivity contribution >= 4 is 61.6 Å². The molecule has 0 bridgehead atoms. The molecule has 344 valence electrons. The lowest BCUT2D eigenvalue weighted by Crippen LogP contribution is -2.28. The van der Waals surface area contributed by atoms with Crippen molar-refractivity contribution in [2.45, 2.75) is 71.2 Å². The third kappa shape index (κ3) is 11.7. The molecular weight excluding hydrogens is 888 g/mol. The second-order valence-corrected chi connectivity index (χ2v) is 19.3. The highest BCUT2D eigenvalue weighted by molar-refractivity contribution is 7.92. The van der Waals surface area contributed by atoms with Crippen molar-refractivity contribution in [1.82, 2.24) is 20.1 Å². The van der Waals surface area contributed by atoms with Crippen molar-refractivity contribution < 1.29 is 37.0 Å². The Bertz CT molecular complexity index is 2690. The normalized spacial score (nSPS) is 14.3. The number of ether oxygens (including phenoxy) is 4. The fraction of sp³-hybridized carbons (Fsp3) is 0.396. The summed E-state index contributed by atoms with van der Waals surface area (Å²) in [4.78, 5) is 32.5. The van der Waals surface area contributed by atoms with Crippen LogP contribution in [0.15, 0.2) is 76.6 Å². The van der Waals surface area contributed by atoms with E-state index in [0.717, 1.165) is 55.5 Å². The molecule has 3 aromatic carbocycles. The van der Waals surface area contributed by atoms with Crippen molar-refractivity contribution in [3.8, 4) is 5.00 Å². The molecule has 2 aromatic heterocycles. The van der Waals surface area contributed by atoms with Crippen molar-refractivity contribution in [1.29, 1.82) is 0 Å². The molecule has 7 rings (SSSR count). The molecule has 0 radical (unpaired) electrons. The lowest BCUT2D eigenvalue weighted by molar-refractivity contribution is -0.119. The van der Waals surface area contributed by atoms with Gasteiger partial charge in [0, 0.05) is 52.6 Å². The second kappa shape index (κ2) is 21.9. The summed E-state index contributed by atoms with van der Waals surface area (Å²) in [6.45, 7) is 13.4. The molecule has 1 atom stereocenters. The predicted octanol–water partition coefficient (Wildman–Crippen LogP) is 8.10. The summed E-state index contributed by atoms with van der Waals surface area (Å²) in [5.41, 5.74) is 8.96. The third-order valence-corrected chi connectivity index (χ3v) is 14.2. The van der Waals surface area contributed by atoms with E-state index in [1.54, 1.807) is 29.5 Å². The Balaban J connectivity index is 0.735. The number of rotatable bonds is 23. The van der Waals surface area contributed by atoms with E-state index in [2.05, 4.69) is 40.2 Å². The predicted molar refractivity (Wildman–Crippen MR) is 254 cm³/mol. The number of fused-ring (bicyclic) bond motifs is 4. The summed E-state index contributed by atoms with van der Waals surface area (Å²) in [5, 5.41) is 13.3. The number of nitrogens with zero attached hydrogens (tertiary/aromatic N) is 4. The Morgan fingerprint density at radius 1 is 0.846 bits per heavy atom. The number of sulfonamides is 1. The zero-order chi connectivity index (χ0) is 46.1. The Morgan fingerprint density at radius 3 is 2.26 bits per heavy atom. The molecule has 65 heavy (non-hydrogen) atoms. The highest BCUT2D eigenvalue weighted by atomic mass is 35.5. The first-order valence-electron chi connectivity index (χ1n) is 21.7. The maximum absolute atomic E-state index is 13.3. The van der Waals surface area contributed by atoms with Gasteiger partial charge < -0.3 is 24.3 Å². The number of aliphatic imine (C=N–C) groups is 1. The lowest BCUT2D eigenvalue weighted by atomic mass is 9.99. The van der Waals surface area contributed by atoms with E-state index in [1.165, 1.54) is 17.0 Å². The molecule has 0 spiro atoms. The molecule has 0 saturated carbocycles. The molecule has 1 aliphatic carbocycles. The number of anilines is 1. The van der Waals surface area contributed by atoms with E-state index >= 15 is 0 Å². The van der Waals surface area contributed by atoms with E-state index in [9.17, 15) is 18.0 Å². The fourth-order valence-corrected chi connectivity index (χ4v) is 10.4. The van der Waals surface area contributed by atoms with Crippen LogP contribution in [0, 0.1) is 27.7 Å². The number of carbonyl (C=O) groups excluding carboxylic acids is 2. The molecule has 0 fully saturated rings. The van der Waals surface area contributed by atoms with Gasteiger partial charge in [-0.1, -0.05) is 41.9 Å². The molecule has 1 aliphatic heterocycles. The Hall–Kier alpha value is -5.07. The summed E-state index contributed by atoms with van der Waals surface area (Å²) >= 11 is 7.90. The summed E-state index contributed by atoms with van der Waals surface area (Å²) in [7, 11) is -3.93. The van der Waals surface area contributed by atoms with Gasteiger partial charge in [-0.2, -0.15) is 0 Å². The molecule has 14 nitrogen and oxygen atoms in total. The molecule has 2 aliphatic rings. The maximum Gasteiger partial charge on any atom is 0.261 e. The number of hydrogen-bond donors (Lipinski definition) is 2. The van der Waals surface area contributed by atoms with E-state index in [1.807, 2.05) is 55.7 Å². The zero-order valence-corrected chi connectivity index (χ0v) is 39.8. The van der Waals surface area contributed by atoms with E-state index in [-0.39, 0.29) is 35.8 Å². The Morgan fingerprint density at radius 2 is 1.54 bits per heavy atom. The fourth-order valence-electron chi connectivity index (χ4n) is 7.91. The van der Waals surface area contributed by atoms with Gasteiger partial charge in [0.1, 0.15) is 22.7 Å². The molecule has 17 heteroatoms. The summed E-state index contributed by atoms with van der Waals surface area (Å²) in [6, 6.07) is 16.8. The molecule has 0 unspecified atom stereocenters. The molecule has 1 amide bonds. The first-order chi connectivity index (χ1) is 31.3. The molecular formula is C48H55ClN6O8S2. The van der Waals surface area contributed by atoms with Crippen molar-refractivity contribution in [3.05, 3.63) is 127 Å². The first-order valence-corrected chi connectivity index (χ1v) is 24.4. The van der Waals surface area contributed by atoms with Crippen LogP contribution in [0.3, 0.4) is 0 Å². The highest BCUT2D eigenvalue weighted by Gasteiger charge is 2.32. The van der Waals surface area contributed by atoms with Crippen LogP contribution in [0.25, 0.3) is 10.6 Å². The molecule has 3 heterocycles. The van der Waals surface area contributed by atoms with Gasteiger partial charge in [-0.25, -0.2) is 8.42 Å². The second-order valence-electron chi connectivity index (χ2n) is 16.0. The van der Waals surface area contributed by atoms with Gasteiger partial charge in [0.15, 0.2) is 5.82 Å². The highest BCUT2D eigenvalue weighted by Crippen LogP contribution is 2.40. The number of benzene rings is 3. The largest absolute Gasteiger partial charge is 0.379 e. The number of halogens is 1. The van der Waals surface area contributed by atoms with Crippen LogP contribution < -0.4 is 10.0 Å². The number of allylic oxidation sites excluding steroid dienone is 2. The van der Waals surface area contributed by atoms with E-state index in [4.69, 9.17) is 35.5 Å². The number of amides is 1. The molecule has 0 saturated heterocycles. The van der Waals surface area contributed by atoms with Crippen molar-refractivity contribution in [2.24, 2.45) is 4.99 Å². The number of nitrogens with one attached hydrogen (secondary N) is 2. The monoisotopic (exact) mass is 942 g/mol. The van der Waals surface area contributed by atoms with Crippen LogP contribution in [0.1, 0.15) is 92.5 Å². The van der Waals surface area contributed by atoms with Gasteiger partial charge in [-0.3, -0.25) is 23.9 Å². The number of thiophene rings is 1. The van der Waals surface area contributed by atoms with Crippen LogP contribution in [0.4, 0.5) is 5.69 Å². The van der Waals surface area contributed by atoms with Crippen molar-refractivity contribution in [2.75, 3.05) is 64.1 Å². The Kier molecular flexibility index (Phi) is 16.2. The van der Waals surface area contributed by atoms with Crippen LogP contribution in [0.2, 0.25) is 5.02 Å². The minimum absolute atomic E-state index is 0.00420. The van der Waals surface area contributed by atoms with Crippen LogP contribution in [0.5, 0.6) is 0 Å². The minimum atomic E-state index is -3.93. The topological polar surface area (TPSA) is 172 Å². The molecule has 2 N–H and O–H groups in total. The number of hydrogen-bond acceptors (Lipinski definition) is 12. The number of ketones is 1. The number of Topliss-reactive ketones (excluding diaryl/α,β-unsaturated/α-hetero) is 1. The average Bonchev–Trinajstić information content (AvgIpc) is 3.94. The lowest BCUT2D eigenvalue weighted by Gasteiger charge is -2.15. The third-order valence-electron chi connectivity index (χ3n) is 11.3. The summed E-state index contributed by atoms with van der Waals surface area (Å²) in [5.74, 6) is 1.08. The van der Waals surface area contributed by atoms with Gasteiger partial charge >= 0.3 is 0 Å². The maximum atomic E-state index is 13.3. The van der Waals surface area contributed by atoms with Gasteiger partial charge in [-0.05, 0) is 112 Å². The van der Waals surface area contributed by atoms with E-state index < -0.39 is 22.0 Å². The number of aromatic nitrogens is 3. The smallest absolute Gasteiger partial charge is 0.261 e. The van der Waals surface area contributed by atoms with Crippen LogP contribution in [-0.2, 0) is 40.2 Å². The van der Waals surface area contributed by atoms with Crippen molar-refractivity contribution in [3.63, 3.8) is 0 Å². The van der Waals surface area contributed by atoms with Gasteiger partial charge in [-0.15, -0.1) is 21.5 Å². The van der Waals surface area contributed by atoms with Gasteiger partial charge in [0.2, 0.25) is 0 Å². The Labute approximate surface area is 389 Å². The number of aryl methyl sites for hydroxylation is 3. The SMILES string of the molecule is CC1=CCc2c(NS(=O)(=O)c3cccc(C(=O)NCCOCCOCCOCCOCCCC(=O)C[C@@H]4N=C(c5ccc(Cl)cc5)c5c(sc(C)c5C)-n5c(C)nnc54)c3)ccc(C)c21. The summed E-state index contributed by atoms with van der Waals surface area (Å²) in [6.07, 6.45) is 3.88. The quantitative estimate of drug-likeness (QED) is 0.0610. The first kappa shape index (κ1) is 47.9. The van der Waals surface area contributed by atoms with Crippen LogP contribution in [-0.4, -0.2) is 100.0 Å². The number of carbonyl (C=O) groups is 2. The van der Waals surface area contributed by atoms with Gasteiger partial charge in [0.25, 0.3) is 15.9 Å². The minimum Gasteiger partial charge on any atom is -0.379 e.